The first kappa shape index (κ1) is 15.7. The summed E-state index contributed by atoms with van der Waals surface area (Å²) in [6.07, 6.45) is 4.39. The van der Waals surface area contributed by atoms with Crippen molar-refractivity contribution >= 4 is 22.7 Å². The molecule has 1 heterocycles. The van der Waals surface area contributed by atoms with E-state index in [-0.39, 0.29) is 5.91 Å². The van der Waals surface area contributed by atoms with Crippen LogP contribution in [0.3, 0.4) is 0 Å². The third-order valence-corrected chi connectivity index (χ3v) is 4.58. The van der Waals surface area contributed by atoms with E-state index in [0.29, 0.717) is 11.5 Å². The van der Waals surface area contributed by atoms with E-state index in [2.05, 4.69) is 33.9 Å². The normalized spacial score (nSPS) is 20.1. The van der Waals surface area contributed by atoms with Gasteiger partial charge >= 0.3 is 0 Å². The van der Waals surface area contributed by atoms with Crippen LogP contribution in [-0.2, 0) is 6.54 Å². The van der Waals surface area contributed by atoms with E-state index in [1.54, 1.807) is 0 Å². The van der Waals surface area contributed by atoms with E-state index in [1.165, 1.54) is 6.42 Å². The Kier molecular flexibility index (Phi) is 4.46. The molecule has 5 nitrogen and oxygen atoms in total. The Morgan fingerprint density at radius 2 is 2.30 bits per heavy atom. The van der Waals surface area contributed by atoms with Crippen molar-refractivity contribution in [1.82, 2.24) is 15.0 Å². The molecule has 1 aliphatic carbocycles. The lowest BCUT2D eigenvalue weighted by atomic mass is 9.89. The Morgan fingerprint density at radius 3 is 3.04 bits per heavy atom. The van der Waals surface area contributed by atoms with Gasteiger partial charge in [0.1, 0.15) is 5.82 Å². The topological polar surface area (TPSA) is 59.3 Å². The summed E-state index contributed by atoms with van der Waals surface area (Å²) in [5, 5.41) is 4.32. The number of aryl methyl sites for hydroxylation is 2. The summed E-state index contributed by atoms with van der Waals surface area (Å²) in [6.45, 7) is 7.19. The van der Waals surface area contributed by atoms with Crippen LogP contribution in [0.4, 0.5) is 0 Å². The fourth-order valence-corrected chi connectivity index (χ4v) is 3.35. The maximum atomic E-state index is 12.3. The van der Waals surface area contributed by atoms with Gasteiger partial charge in [0.25, 0.3) is 5.91 Å². The van der Waals surface area contributed by atoms with Crippen LogP contribution < -0.4 is 5.43 Å². The number of amides is 1. The van der Waals surface area contributed by atoms with Gasteiger partial charge in [-0.25, -0.2) is 10.4 Å². The van der Waals surface area contributed by atoms with Crippen molar-refractivity contribution in [3.8, 4) is 0 Å². The van der Waals surface area contributed by atoms with Gasteiger partial charge in [0.05, 0.1) is 11.0 Å². The van der Waals surface area contributed by atoms with Gasteiger partial charge in [0.2, 0.25) is 0 Å². The molecule has 0 bridgehead atoms. The SMILES string of the molecule is CCn1c(C)nc2cc(C(=O)NN=C3CCCC(C)C3)ccc21. The molecule has 3 rings (SSSR count). The zero-order valence-electron chi connectivity index (χ0n) is 14.1. The van der Waals surface area contributed by atoms with Crippen LogP contribution in [0.2, 0.25) is 0 Å². The molecular weight excluding hydrogens is 288 g/mol. The molecule has 2 aromatic rings. The molecule has 0 saturated heterocycles. The Balaban J connectivity index is 1.77. The first-order chi connectivity index (χ1) is 11.1. The molecule has 1 aromatic heterocycles. The lowest BCUT2D eigenvalue weighted by Crippen LogP contribution is -2.22. The highest BCUT2D eigenvalue weighted by atomic mass is 16.2. The molecule has 5 heteroatoms. The summed E-state index contributed by atoms with van der Waals surface area (Å²) in [7, 11) is 0. The number of imidazole rings is 1. The average molecular weight is 312 g/mol. The van der Waals surface area contributed by atoms with Crippen molar-refractivity contribution in [2.75, 3.05) is 0 Å². The molecule has 23 heavy (non-hydrogen) atoms. The van der Waals surface area contributed by atoms with Gasteiger partial charge in [-0.05, 0) is 63.6 Å². The molecule has 1 unspecified atom stereocenters. The second-order valence-electron chi connectivity index (χ2n) is 6.43. The van der Waals surface area contributed by atoms with Crippen LogP contribution in [0, 0.1) is 12.8 Å². The number of hydrogen-bond donors (Lipinski definition) is 1. The maximum absolute atomic E-state index is 12.3. The highest BCUT2D eigenvalue weighted by Gasteiger charge is 2.15. The van der Waals surface area contributed by atoms with Gasteiger partial charge in [0, 0.05) is 17.8 Å². The van der Waals surface area contributed by atoms with Crippen molar-refractivity contribution in [2.45, 2.75) is 53.0 Å². The molecule has 1 fully saturated rings. The highest BCUT2D eigenvalue weighted by Crippen LogP contribution is 2.21. The minimum atomic E-state index is -0.165. The number of aromatic nitrogens is 2. The summed E-state index contributed by atoms with van der Waals surface area (Å²) in [5.41, 5.74) is 6.33. The molecule has 0 radical (unpaired) electrons. The number of nitrogens with one attached hydrogen (secondary N) is 1. The van der Waals surface area contributed by atoms with Crippen molar-refractivity contribution in [1.29, 1.82) is 0 Å². The maximum Gasteiger partial charge on any atom is 0.271 e. The monoisotopic (exact) mass is 312 g/mol. The fraction of sp³-hybridized carbons (Fsp3) is 0.500. The lowest BCUT2D eigenvalue weighted by molar-refractivity contribution is 0.0954. The number of rotatable bonds is 3. The van der Waals surface area contributed by atoms with Crippen molar-refractivity contribution in [2.24, 2.45) is 11.0 Å². The summed E-state index contributed by atoms with van der Waals surface area (Å²) in [6, 6.07) is 5.64. The van der Waals surface area contributed by atoms with E-state index in [9.17, 15) is 4.79 Å². The van der Waals surface area contributed by atoms with E-state index in [0.717, 1.165) is 48.4 Å². The Bertz CT molecular complexity index is 760. The molecule has 1 N–H and O–H groups in total. The zero-order valence-corrected chi connectivity index (χ0v) is 14.1. The average Bonchev–Trinajstić information content (AvgIpc) is 2.86. The van der Waals surface area contributed by atoms with Crippen molar-refractivity contribution in [3.63, 3.8) is 0 Å². The molecule has 1 aromatic carbocycles. The molecule has 1 amide bonds. The predicted octanol–water partition coefficient (Wildman–Crippen LogP) is 3.66. The number of hydrogen-bond acceptors (Lipinski definition) is 3. The molecule has 122 valence electrons. The fourth-order valence-electron chi connectivity index (χ4n) is 3.35. The Labute approximate surface area is 136 Å². The first-order valence-electron chi connectivity index (χ1n) is 8.41. The van der Waals surface area contributed by atoms with Crippen LogP contribution in [0.1, 0.15) is 55.7 Å². The molecule has 1 atom stereocenters. The highest BCUT2D eigenvalue weighted by molar-refractivity contribution is 5.98. The minimum Gasteiger partial charge on any atom is -0.329 e. The van der Waals surface area contributed by atoms with Crippen molar-refractivity contribution < 1.29 is 4.79 Å². The van der Waals surface area contributed by atoms with Gasteiger partial charge < -0.3 is 4.57 Å². The Morgan fingerprint density at radius 1 is 1.48 bits per heavy atom. The smallest absolute Gasteiger partial charge is 0.271 e. The predicted molar refractivity (Wildman–Crippen MR) is 92.7 cm³/mol. The second-order valence-corrected chi connectivity index (χ2v) is 6.43. The summed E-state index contributed by atoms with van der Waals surface area (Å²) < 4.78 is 2.14. The zero-order chi connectivity index (χ0) is 16.4. The molecule has 1 saturated carbocycles. The number of nitrogens with zero attached hydrogens (tertiary/aromatic N) is 3. The van der Waals surface area contributed by atoms with Gasteiger partial charge in [-0.2, -0.15) is 5.10 Å². The third kappa shape index (κ3) is 3.28. The quantitative estimate of drug-likeness (QED) is 0.879. The summed E-state index contributed by atoms with van der Waals surface area (Å²) in [5.74, 6) is 1.47. The Hall–Kier alpha value is -2.17. The molecular formula is C18H24N4O. The van der Waals surface area contributed by atoms with E-state index in [1.807, 2.05) is 25.1 Å². The van der Waals surface area contributed by atoms with Crippen LogP contribution >= 0.6 is 0 Å². The lowest BCUT2D eigenvalue weighted by Gasteiger charge is -2.18. The number of carbonyl (C=O) groups is 1. The number of benzene rings is 1. The van der Waals surface area contributed by atoms with Gasteiger partial charge in [-0.15, -0.1) is 0 Å². The number of carbonyl (C=O) groups excluding carboxylic acids is 1. The van der Waals surface area contributed by atoms with Crippen LogP contribution in [-0.4, -0.2) is 21.2 Å². The molecule has 0 aliphatic heterocycles. The molecule has 1 aliphatic rings. The van der Waals surface area contributed by atoms with E-state index in [4.69, 9.17) is 0 Å². The van der Waals surface area contributed by atoms with E-state index < -0.39 is 0 Å². The van der Waals surface area contributed by atoms with Crippen LogP contribution in [0.25, 0.3) is 11.0 Å². The number of fused-ring (bicyclic) bond motifs is 1. The van der Waals surface area contributed by atoms with E-state index >= 15 is 0 Å². The van der Waals surface area contributed by atoms with Crippen LogP contribution in [0.5, 0.6) is 0 Å². The minimum absolute atomic E-state index is 0.165. The van der Waals surface area contributed by atoms with Gasteiger partial charge in [0.15, 0.2) is 0 Å². The van der Waals surface area contributed by atoms with Gasteiger partial charge in [-0.1, -0.05) is 6.92 Å². The molecule has 0 spiro atoms. The second kappa shape index (κ2) is 6.52. The summed E-state index contributed by atoms with van der Waals surface area (Å²) >= 11 is 0. The number of hydrazone groups is 1. The first-order valence-corrected chi connectivity index (χ1v) is 8.41. The summed E-state index contributed by atoms with van der Waals surface area (Å²) in [4.78, 5) is 16.9. The van der Waals surface area contributed by atoms with Crippen molar-refractivity contribution in [3.05, 3.63) is 29.6 Å². The third-order valence-electron chi connectivity index (χ3n) is 4.58. The van der Waals surface area contributed by atoms with Gasteiger partial charge in [-0.3, -0.25) is 4.79 Å². The standard InChI is InChI=1S/C18H24N4O/c1-4-22-13(3)19-16-11-14(8-9-17(16)22)18(23)21-20-15-7-5-6-12(2)10-15/h8-9,11-12H,4-7,10H2,1-3H3,(H,21,23). The van der Waals surface area contributed by atoms with Crippen LogP contribution in [0.15, 0.2) is 23.3 Å². The largest absolute Gasteiger partial charge is 0.329 e.